The van der Waals surface area contributed by atoms with Gasteiger partial charge in [0.05, 0.1) is 39.2 Å². The highest BCUT2D eigenvalue weighted by molar-refractivity contribution is 8.01. The van der Waals surface area contributed by atoms with Crippen molar-refractivity contribution < 1.29 is 18.9 Å². The summed E-state index contributed by atoms with van der Waals surface area (Å²) in [7, 11) is 0. The van der Waals surface area contributed by atoms with Crippen LogP contribution in [0.1, 0.15) is 105 Å². The third-order valence-corrected chi connectivity index (χ3v) is 13.7. The van der Waals surface area contributed by atoms with E-state index in [2.05, 4.69) is 156 Å². The molecule has 0 fully saturated rings. The van der Waals surface area contributed by atoms with Crippen molar-refractivity contribution in [2.24, 2.45) is 0 Å². The van der Waals surface area contributed by atoms with Crippen molar-refractivity contribution in [3.05, 3.63) is 70.8 Å². The molecule has 4 aromatic rings. The largest absolute Gasteiger partial charge is 0.476 e. The van der Waals surface area contributed by atoms with E-state index in [9.17, 15) is 21.0 Å². The van der Waals surface area contributed by atoms with Crippen LogP contribution < -0.4 is 18.9 Å². The van der Waals surface area contributed by atoms with Crippen LogP contribution in [-0.2, 0) is 21.7 Å². The number of hydrogen-bond acceptors (Lipinski definition) is 12. The van der Waals surface area contributed by atoms with Gasteiger partial charge in [-0.2, -0.15) is 21.0 Å². The molecule has 1 aliphatic heterocycles. The van der Waals surface area contributed by atoms with E-state index in [1.807, 2.05) is 0 Å². The van der Waals surface area contributed by atoms with Crippen LogP contribution in [0.5, 0.6) is 23.0 Å². The minimum Gasteiger partial charge on any atom is -0.476 e. The predicted molar refractivity (Wildman–Crippen MR) is 241 cm³/mol. The Hall–Kier alpha value is -4.56. The smallest absolute Gasteiger partial charge is 0.174 e. The molecule has 0 aromatic heterocycles. The van der Waals surface area contributed by atoms with Gasteiger partial charge in [0.15, 0.2) is 26.4 Å². The molecule has 5 rings (SSSR count). The van der Waals surface area contributed by atoms with Gasteiger partial charge in [0, 0.05) is 0 Å². The lowest BCUT2D eigenvalue weighted by Crippen LogP contribution is -2.14. The lowest BCUT2D eigenvalue weighted by atomic mass is 9.87. The van der Waals surface area contributed by atoms with E-state index in [1.165, 1.54) is 47.0 Å². The van der Waals surface area contributed by atoms with Crippen molar-refractivity contribution in [2.45, 2.75) is 144 Å². The zero-order valence-corrected chi connectivity index (χ0v) is 39.8. The van der Waals surface area contributed by atoms with Gasteiger partial charge in [-0.15, -0.1) is 0 Å². The summed E-state index contributed by atoms with van der Waals surface area (Å²) in [6, 6.07) is 25.6. The van der Waals surface area contributed by atoms with Crippen LogP contribution in [0.2, 0.25) is 0 Å². The number of hydrogen-bond donors (Lipinski definition) is 0. The molecule has 1 aliphatic rings. The number of nitrogens with zero attached hydrogens (tertiary/aromatic N) is 4. The Kier molecular flexibility index (Phi) is 14.4. The van der Waals surface area contributed by atoms with Gasteiger partial charge >= 0.3 is 0 Å². The first-order valence-electron chi connectivity index (χ1n) is 19.5. The van der Waals surface area contributed by atoms with E-state index < -0.39 is 0 Å². The highest BCUT2D eigenvalue weighted by Crippen LogP contribution is 2.56. The molecule has 4 aromatic carbocycles. The van der Waals surface area contributed by atoms with Crippen LogP contribution >= 0.6 is 47.0 Å². The summed E-state index contributed by atoms with van der Waals surface area (Å²) in [5, 5.41) is 39.4. The molecule has 0 spiro atoms. The average molecular weight is 877 g/mol. The van der Waals surface area contributed by atoms with Crippen LogP contribution in [0.4, 0.5) is 0 Å². The molecular formula is C48H52N4O4S4. The van der Waals surface area contributed by atoms with Gasteiger partial charge in [0.25, 0.3) is 0 Å². The summed E-state index contributed by atoms with van der Waals surface area (Å²) in [6.07, 6.45) is 0. The third kappa shape index (κ3) is 11.0. The quantitative estimate of drug-likeness (QED) is 0.147. The zero-order valence-electron chi connectivity index (χ0n) is 36.5. The molecule has 0 N–H and O–H groups in total. The number of rotatable bonds is 8. The van der Waals surface area contributed by atoms with Crippen molar-refractivity contribution in [3.63, 3.8) is 0 Å². The second-order valence-corrected chi connectivity index (χ2v) is 22.7. The van der Waals surface area contributed by atoms with E-state index >= 15 is 0 Å². The summed E-state index contributed by atoms with van der Waals surface area (Å²) in [5.74, 6) is 2.12. The molecule has 60 heavy (non-hydrogen) atoms. The zero-order chi connectivity index (χ0) is 44.2. The van der Waals surface area contributed by atoms with Gasteiger partial charge in [-0.05, 0) is 92.4 Å². The van der Waals surface area contributed by atoms with E-state index in [4.69, 9.17) is 18.9 Å². The summed E-state index contributed by atoms with van der Waals surface area (Å²) < 4.78 is 25.6. The van der Waals surface area contributed by atoms with E-state index in [0.717, 1.165) is 61.4 Å². The minimum atomic E-state index is -0.282. The maximum Gasteiger partial charge on any atom is 0.174 e. The third-order valence-electron chi connectivity index (χ3n) is 9.55. The maximum atomic E-state index is 9.86. The fraction of sp³-hybridized carbons (Fsp3) is 0.417. The van der Waals surface area contributed by atoms with Gasteiger partial charge in [-0.3, -0.25) is 0 Å². The topological polar surface area (TPSA) is 132 Å². The molecule has 0 atom stereocenters. The van der Waals surface area contributed by atoms with Gasteiger partial charge in [-0.1, -0.05) is 130 Å². The molecule has 1 heterocycles. The monoisotopic (exact) mass is 876 g/mol. The summed E-state index contributed by atoms with van der Waals surface area (Å²) >= 11 is 5.88. The average Bonchev–Trinajstić information content (AvgIpc) is 3.14. The lowest BCUT2D eigenvalue weighted by molar-refractivity contribution is 0.345. The lowest BCUT2D eigenvalue weighted by Gasteiger charge is -2.28. The van der Waals surface area contributed by atoms with E-state index in [-0.39, 0.29) is 48.1 Å². The van der Waals surface area contributed by atoms with Crippen molar-refractivity contribution in [2.75, 3.05) is 26.4 Å². The van der Waals surface area contributed by atoms with Gasteiger partial charge < -0.3 is 18.9 Å². The summed E-state index contributed by atoms with van der Waals surface area (Å²) in [5.41, 5.74) is 3.05. The van der Waals surface area contributed by atoms with Crippen LogP contribution in [0.25, 0.3) is 0 Å². The molecule has 0 unspecified atom stereocenters. The normalized spacial score (nSPS) is 12.9. The summed E-state index contributed by atoms with van der Waals surface area (Å²) in [4.78, 5) is 6.16. The Bertz CT molecular complexity index is 2010. The first kappa shape index (κ1) is 46.5. The fourth-order valence-electron chi connectivity index (χ4n) is 6.11. The number of fused-ring (bicyclic) bond motifs is 8. The molecule has 312 valence electrons. The molecule has 0 aliphatic carbocycles. The van der Waals surface area contributed by atoms with Crippen LogP contribution in [0, 0.1) is 45.3 Å². The second kappa shape index (κ2) is 18.6. The molecule has 8 bridgehead atoms. The standard InChI is InChI=1S/C48H52N4O4S4/c1-45(2,3)29-21-33-41(53-17-13-49)34(22-29)58-36-24-31(47(7,8)9)26-38(43(36)55-19-15-51)60-40-28-32(48(10,11)12)27-39(44(40)56-20-16-52)59-37-25-30(46(4,5)6)23-35(57-33)42(37)54-18-14-50/h21-28H,17-20H2,1-12H3. The molecule has 8 nitrogen and oxygen atoms in total. The number of benzene rings is 4. The van der Waals surface area contributed by atoms with Crippen molar-refractivity contribution in [1.29, 1.82) is 21.0 Å². The minimum absolute atomic E-state index is 0.186. The van der Waals surface area contributed by atoms with Gasteiger partial charge in [0.1, 0.15) is 47.3 Å². The maximum absolute atomic E-state index is 9.86. The van der Waals surface area contributed by atoms with Crippen LogP contribution in [0.3, 0.4) is 0 Å². The first-order valence-corrected chi connectivity index (χ1v) is 22.8. The number of nitriles is 4. The molecule has 0 radical (unpaired) electrons. The highest BCUT2D eigenvalue weighted by atomic mass is 32.2. The molecule has 12 heteroatoms. The Morgan fingerprint density at radius 2 is 0.483 bits per heavy atom. The summed E-state index contributed by atoms with van der Waals surface area (Å²) in [6.45, 7) is 25.2. The van der Waals surface area contributed by atoms with Gasteiger partial charge in [0.2, 0.25) is 0 Å². The molecule has 0 saturated carbocycles. The Labute approximate surface area is 373 Å². The SMILES string of the molecule is CC(C)(C)c1cc2c(OCC#N)c(c1)Sc1cc(C(C)(C)C)cc(c1OCC#N)Sc1cc(C(C)(C)C)cc(c1OCC#N)Sc1cc(C(C)(C)C)cc(c1OCC#N)S2. The predicted octanol–water partition coefficient (Wildman–Crippen LogP) is 13.4. The molecule has 0 saturated heterocycles. The number of ether oxygens (including phenoxy) is 4. The molecular weight excluding hydrogens is 825 g/mol. The first-order chi connectivity index (χ1) is 28.1. The molecule has 0 amide bonds. The highest BCUT2D eigenvalue weighted by Gasteiger charge is 2.30. The Morgan fingerprint density at radius 1 is 0.333 bits per heavy atom. The van der Waals surface area contributed by atoms with Crippen molar-refractivity contribution in [1.82, 2.24) is 0 Å². The Morgan fingerprint density at radius 3 is 0.600 bits per heavy atom. The van der Waals surface area contributed by atoms with Gasteiger partial charge in [-0.25, -0.2) is 0 Å². The van der Waals surface area contributed by atoms with Crippen molar-refractivity contribution in [3.8, 4) is 47.3 Å². The van der Waals surface area contributed by atoms with E-state index in [1.54, 1.807) is 0 Å². The fourth-order valence-corrected chi connectivity index (χ4v) is 10.9. The second-order valence-electron chi connectivity index (χ2n) is 18.4. The van der Waals surface area contributed by atoms with Crippen molar-refractivity contribution >= 4 is 47.0 Å². The Balaban J connectivity index is 2.04. The van der Waals surface area contributed by atoms with Crippen LogP contribution in [0.15, 0.2) is 87.7 Å². The van der Waals surface area contributed by atoms with Crippen LogP contribution in [-0.4, -0.2) is 26.4 Å². The van der Waals surface area contributed by atoms with E-state index in [0.29, 0.717) is 23.0 Å².